The van der Waals surface area contributed by atoms with Crippen molar-refractivity contribution in [2.24, 2.45) is 10.9 Å². The molecule has 2 saturated heterocycles. The van der Waals surface area contributed by atoms with Gasteiger partial charge < -0.3 is 10.2 Å². The zero-order chi connectivity index (χ0) is 15.4. The number of urea groups is 1. The van der Waals surface area contributed by atoms with Crippen molar-refractivity contribution >= 4 is 24.1 Å². The maximum Gasteiger partial charge on any atom is 0.332 e. The van der Waals surface area contributed by atoms with Crippen LogP contribution in [0, 0.1) is 5.92 Å². The first-order valence-corrected chi connectivity index (χ1v) is 7.26. The minimum absolute atomic E-state index is 0.508. The van der Waals surface area contributed by atoms with E-state index >= 15 is 0 Å². The SMILES string of the molecule is CN1C(=O)C(C=NCC[NH+]2CC[NH2+]CC2)C(=O)N(C)C1=O. The summed E-state index contributed by atoms with van der Waals surface area (Å²) in [6.07, 6.45) is 1.39. The number of quaternary nitrogens is 2. The smallest absolute Gasteiger partial charge is 0.332 e. The molecule has 0 unspecified atom stereocenters. The van der Waals surface area contributed by atoms with Gasteiger partial charge in [0.1, 0.15) is 26.2 Å². The highest BCUT2D eigenvalue weighted by Crippen LogP contribution is 2.13. The van der Waals surface area contributed by atoms with Crippen LogP contribution in [-0.2, 0) is 9.59 Å². The molecule has 2 fully saturated rings. The van der Waals surface area contributed by atoms with E-state index in [9.17, 15) is 14.4 Å². The Morgan fingerprint density at radius 3 is 2.33 bits per heavy atom. The predicted molar refractivity (Wildman–Crippen MR) is 75.0 cm³/mol. The number of piperazine rings is 1. The summed E-state index contributed by atoms with van der Waals surface area (Å²) in [7, 11) is 2.76. The zero-order valence-electron chi connectivity index (χ0n) is 12.5. The first-order valence-electron chi connectivity index (χ1n) is 7.26. The van der Waals surface area contributed by atoms with Gasteiger partial charge in [0.15, 0.2) is 5.92 Å². The van der Waals surface area contributed by atoms with Crippen LogP contribution < -0.4 is 10.2 Å². The average molecular weight is 297 g/mol. The van der Waals surface area contributed by atoms with Crippen LogP contribution in [0.3, 0.4) is 0 Å². The largest absolute Gasteiger partial charge is 0.337 e. The van der Waals surface area contributed by atoms with Crippen molar-refractivity contribution in [3.05, 3.63) is 0 Å². The Morgan fingerprint density at radius 2 is 1.76 bits per heavy atom. The molecule has 0 aromatic heterocycles. The topological polar surface area (TPSA) is 91.1 Å². The van der Waals surface area contributed by atoms with Crippen molar-refractivity contribution in [2.75, 3.05) is 53.4 Å². The van der Waals surface area contributed by atoms with Gasteiger partial charge in [0.2, 0.25) is 11.8 Å². The van der Waals surface area contributed by atoms with Crippen LogP contribution in [0.2, 0.25) is 0 Å². The van der Waals surface area contributed by atoms with Crippen molar-refractivity contribution in [3.63, 3.8) is 0 Å². The molecule has 0 aromatic rings. The number of nitrogens with one attached hydrogen (secondary N) is 1. The quantitative estimate of drug-likeness (QED) is 0.412. The Bertz CT molecular complexity index is 435. The first-order chi connectivity index (χ1) is 10.0. The van der Waals surface area contributed by atoms with E-state index in [0.717, 1.165) is 42.5 Å². The van der Waals surface area contributed by atoms with Gasteiger partial charge in [-0.2, -0.15) is 0 Å². The molecule has 0 aromatic carbocycles. The fourth-order valence-electron chi connectivity index (χ4n) is 2.60. The fraction of sp³-hybridized carbons (Fsp3) is 0.692. The van der Waals surface area contributed by atoms with Crippen molar-refractivity contribution in [1.29, 1.82) is 0 Å². The molecule has 2 heterocycles. The van der Waals surface area contributed by atoms with Crippen LogP contribution in [0.25, 0.3) is 0 Å². The fourth-order valence-corrected chi connectivity index (χ4v) is 2.60. The van der Waals surface area contributed by atoms with Gasteiger partial charge in [-0.1, -0.05) is 0 Å². The van der Waals surface area contributed by atoms with Gasteiger partial charge in [0, 0.05) is 20.3 Å². The molecule has 2 aliphatic heterocycles. The van der Waals surface area contributed by atoms with Crippen LogP contribution in [-0.4, -0.2) is 87.2 Å². The molecule has 8 nitrogen and oxygen atoms in total. The number of carbonyl (C=O) groups excluding carboxylic acids is 3. The molecule has 116 valence electrons. The van der Waals surface area contributed by atoms with E-state index < -0.39 is 23.8 Å². The lowest BCUT2D eigenvalue weighted by Crippen LogP contribution is -3.20. The molecular weight excluding hydrogens is 274 g/mol. The Balaban J connectivity index is 1.88. The van der Waals surface area contributed by atoms with Gasteiger partial charge in [0.25, 0.3) is 0 Å². The molecule has 0 radical (unpaired) electrons. The van der Waals surface area contributed by atoms with Gasteiger partial charge >= 0.3 is 6.03 Å². The summed E-state index contributed by atoms with van der Waals surface area (Å²) < 4.78 is 0. The molecule has 2 aliphatic rings. The molecule has 0 atom stereocenters. The number of hydrogen-bond donors (Lipinski definition) is 2. The van der Waals surface area contributed by atoms with E-state index in [4.69, 9.17) is 0 Å². The highest BCUT2D eigenvalue weighted by Gasteiger charge is 2.41. The van der Waals surface area contributed by atoms with Gasteiger partial charge in [-0.3, -0.25) is 24.4 Å². The standard InChI is InChI=1S/C13H21N5O3/c1-16-11(19)10(12(20)17(2)13(16)21)9-15-5-8-18-6-3-14-4-7-18/h9-10,14H,3-8H2,1-2H3/p+2. The number of carbonyl (C=O) groups is 3. The molecule has 0 spiro atoms. The monoisotopic (exact) mass is 297 g/mol. The predicted octanol–water partition coefficient (Wildman–Crippen LogP) is -3.81. The number of aliphatic imine (C=N–C) groups is 1. The molecule has 8 heteroatoms. The Kier molecular flexibility index (Phi) is 5.03. The number of amides is 4. The number of rotatable bonds is 4. The molecule has 4 amide bonds. The van der Waals surface area contributed by atoms with Gasteiger partial charge in [-0.05, 0) is 0 Å². The van der Waals surface area contributed by atoms with Crippen molar-refractivity contribution in [2.45, 2.75) is 0 Å². The summed E-state index contributed by atoms with van der Waals surface area (Å²) in [5.41, 5.74) is 0. The summed E-state index contributed by atoms with van der Waals surface area (Å²) in [5, 5.41) is 2.30. The summed E-state index contributed by atoms with van der Waals surface area (Å²) >= 11 is 0. The second kappa shape index (κ2) is 6.77. The lowest BCUT2D eigenvalue weighted by atomic mass is 10.1. The second-order valence-electron chi connectivity index (χ2n) is 5.48. The molecule has 3 N–H and O–H groups in total. The summed E-state index contributed by atoms with van der Waals surface area (Å²) in [4.78, 5) is 43.1. The summed E-state index contributed by atoms with van der Waals surface area (Å²) in [5.74, 6) is -1.99. The Hall–Kier alpha value is -1.80. The Labute approximate surface area is 123 Å². The molecule has 0 saturated carbocycles. The third-order valence-corrected chi connectivity index (χ3v) is 4.02. The van der Waals surface area contributed by atoms with Crippen LogP contribution in [0.15, 0.2) is 4.99 Å². The number of nitrogens with two attached hydrogens (primary N) is 1. The van der Waals surface area contributed by atoms with Gasteiger partial charge in [0.05, 0.1) is 13.1 Å². The number of barbiturate groups is 1. The minimum atomic E-state index is -0.970. The van der Waals surface area contributed by atoms with Crippen LogP contribution >= 0.6 is 0 Å². The van der Waals surface area contributed by atoms with Crippen LogP contribution in [0.5, 0.6) is 0 Å². The van der Waals surface area contributed by atoms with Crippen molar-refractivity contribution in [1.82, 2.24) is 9.80 Å². The lowest BCUT2D eigenvalue weighted by molar-refractivity contribution is -0.945. The summed E-state index contributed by atoms with van der Waals surface area (Å²) in [6.45, 7) is 6.01. The third-order valence-electron chi connectivity index (χ3n) is 4.02. The minimum Gasteiger partial charge on any atom is -0.337 e. The van der Waals surface area contributed by atoms with E-state index in [-0.39, 0.29) is 0 Å². The van der Waals surface area contributed by atoms with Gasteiger partial charge in [-0.25, -0.2) is 4.79 Å². The highest BCUT2D eigenvalue weighted by molar-refractivity contribution is 6.23. The average Bonchev–Trinajstić information content (AvgIpc) is 2.51. The van der Waals surface area contributed by atoms with Crippen molar-refractivity contribution in [3.8, 4) is 0 Å². The second-order valence-corrected chi connectivity index (χ2v) is 5.48. The Morgan fingerprint density at radius 1 is 1.19 bits per heavy atom. The number of imide groups is 2. The highest BCUT2D eigenvalue weighted by atomic mass is 16.2. The van der Waals surface area contributed by atoms with Crippen LogP contribution in [0.4, 0.5) is 4.79 Å². The van der Waals surface area contributed by atoms with Gasteiger partial charge in [-0.15, -0.1) is 0 Å². The number of nitrogens with zero attached hydrogens (tertiary/aromatic N) is 3. The van der Waals surface area contributed by atoms with Crippen LogP contribution in [0.1, 0.15) is 0 Å². The van der Waals surface area contributed by atoms with Crippen molar-refractivity contribution < 1.29 is 24.6 Å². The molecule has 2 rings (SSSR count). The normalized spacial score (nSPS) is 22.7. The van der Waals surface area contributed by atoms with E-state index in [2.05, 4.69) is 10.3 Å². The molecule has 0 bridgehead atoms. The lowest BCUT2D eigenvalue weighted by Gasteiger charge is -2.31. The van der Waals surface area contributed by atoms with E-state index in [1.165, 1.54) is 25.2 Å². The van der Waals surface area contributed by atoms with E-state index in [1.807, 2.05) is 0 Å². The molecule has 0 aliphatic carbocycles. The third kappa shape index (κ3) is 3.45. The number of hydrogen-bond acceptors (Lipinski definition) is 4. The zero-order valence-corrected chi connectivity index (χ0v) is 12.5. The maximum atomic E-state index is 11.9. The first kappa shape index (κ1) is 15.6. The van der Waals surface area contributed by atoms with E-state index in [0.29, 0.717) is 6.54 Å². The summed E-state index contributed by atoms with van der Waals surface area (Å²) in [6, 6.07) is -0.594. The molecule has 21 heavy (non-hydrogen) atoms. The maximum absolute atomic E-state index is 11.9. The molecular formula is C13H23N5O3+2. The van der Waals surface area contributed by atoms with E-state index in [1.54, 1.807) is 0 Å².